The third-order valence-corrected chi connectivity index (χ3v) is 4.24. The van der Waals surface area contributed by atoms with Gasteiger partial charge in [-0.25, -0.2) is 0 Å². The average molecular weight is 334 g/mol. The van der Waals surface area contributed by atoms with Gasteiger partial charge in [0.2, 0.25) is 0 Å². The van der Waals surface area contributed by atoms with Crippen LogP contribution < -0.4 is 5.32 Å². The summed E-state index contributed by atoms with van der Waals surface area (Å²) in [5, 5.41) is 6.29. The fraction of sp³-hybridized carbons (Fsp3) is 0.444. The molecule has 108 valence electrons. The van der Waals surface area contributed by atoms with Gasteiger partial charge >= 0.3 is 0 Å². The fourth-order valence-electron chi connectivity index (χ4n) is 2.74. The highest BCUT2D eigenvalue weighted by Gasteiger charge is 2.21. The first kappa shape index (κ1) is 15.5. The van der Waals surface area contributed by atoms with Crippen molar-refractivity contribution in [3.63, 3.8) is 0 Å². The highest BCUT2D eigenvalue weighted by atomic mass is 79.9. The van der Waals surface area contributed by atoms with E-state index in [0.717, 1.165) is 13.0 Å². The van der Waals surface area contributed by atoms with Crippen molar-refractivity contribution < 1.29 is 0 Å². The summed E-state index contributed by atoms with van der Waals surface area (Å²) in [5.74, 6) is 0. The molecule has 1 atom stereocenters. The van der Waals surface area contributed by atoms with E-state index in [9.17, 15) is 0 Å². The highest BCUT2D eigenvalue weighted by molar-refractivity contribution is 9.10. The van der Waals surface area contributed by atoms with E-state index in [4.69, 9.17) is 0 Å². The minimum Gasteiger partial charge on any atom is -0.310 e. The molecule has 2 heteroatoms. The van der Waals surface area contributed by atoms with Gasteiger partial charge in [0.15, 0.2) is 0 Å². The molecule has 1 N–H and O–H groups in total. The van der Waals surface area contributed by atoms with Gasteiger partial charge in [-0.05, 0) is 40.8 Å². The molecule has 0 aliphatic carbocycles. The van der Waals surface area contributed by atoms with Gasteiger partial charge in [-0.2, -0.15) is 0 Å². The van der Waals surface area contributed by atoms with Crippen LogP contribution in [0.1, 0.15) is 45.7 Å². The van der Waals surface area contributed by atoms with Crippen molar-refractivity contribution >= 4 is 26.7 Å². The molecule has 0 heterocycles. The Balaban J connectivity index is 2.51. The summed E-state index contributed by atoms with van der Waals surface area (Å²) in [6.07, 6.45) is 1.13. The molecular weight excluding hydrogens is 310 g/mol. The van der Waals surface area contributed by atoms with Gasteiger partial charge in [0.25, 0.3) is 0 Å². The van der Waals surface area contributed by atoms with Gasteiger partial charge in [0.1, 0.15) is 0 Å². The van der Waals surface area contributed by atoms with Crippen LogP contribution in [0.15, 0.2) is 40.9 Å². The molecule has 1 unspecified atom stereocenters. The molecule has 0 saturated heterocycles. The second kappa shape index (κ2) is 6.28. The van der Waals surface area contributed by atoms with Crippen LogP contribution in [-0.4, -0.2) is 6.54 Å². The number of hydrogen-bond acceptors (Lipinski definition) is 1. The van der Waals surface area contributed by atoms with Crippen LogP contribution >= 0.6 is 15.9 Å². The molecule has 0 spiro atoms. The van der Waals surface area contributed by atoms with E-state index in [1.54, 1.807) is 0 Å². The number of rotatable bonds is 4. The van der Waals surface area contributed by atoms with E-state index in [1.807, 2.05) is 0 Å². The normalized spacial score (nSPS) is 13.7. The Morgan fingerprint density at radius 3 is 2.30 bits per heavy atom. The van der Waals surface area contributed by atoms with Gasteiger partial charge in [0.05, 0.1) is 0 Å². The lowest BCUT2D eigenvalue weighted by molar-refractivity contribution is 0.315. The van der Waals surface area contributed by atoms with E-state index in [1.165, 1.54) is 20.8 Å². The van der Waals surface area contributed by atoms with Crippen molar-refractivity contribution in [1.82, 2.24) is 5.32 Å². The molecule has 0 aliphatic rings. The maximum absolute atomic E-state index is 3.66. The van der Waals surface area contributed by atoms with Crippen LogP contribution in [0, 0.1) is 5.41 Å². The summed E-state index contributed by atoms with van der Waals surface area (Å²) in [6.45, 7) is 10.1. The summed E-state index contributed by atoms with van der Waals surface area (Å²) < 4.78 is 1.17. The molecule has 0 aliphatic heterocycles. The maximum Gasteiger partial charge on any atom is 0.0331 e. The standard InChI is InChI=1S/C18H24BrN/c1-5-20-17(12-18(2,3)4)15-10-11-16(19)14-9-7-6-8-13(14)15/h6-11,17,20H,5,12H2,1-4H3. The Morgan fingerprint density at radius 2 is 1.70 bits per heavy atom. The van der Waals surface area contributed by atoms with Crippen LogP contribution in [0.25, 0.3) is 10.8 Å². The molecule has 0 amide bonds. The summed E-state index contributed by atoms with van der Waals surface area (Å²) in [7, 11) is 0. The van der Waals surface area contributed by atoms with Crippen LogP contribution in [-0.2, 0) is 0 Å². The number of halogens is 1. The molecule has 0 fully saturated rings. The summed E-state index contributed by atoms with van der Waals surface area (Å²) in [6, 6.07) is 13.5. The minimum absolute atomic E-state index is 0.307. The number of nitrogens with one attached hydrogen (secondary N) is 1. The summed E-state index contributed by atoms with van der Waals surface area (Å²) >= 11 is 3.66. The van der Waals surface area contributed by atoms with Crippen molar-refractivity contribution in [2.24, 2.45) is 5.41 Å². The van der Waals surface area contributed by atoms with Crippen molar-refractivity contribution in [2.45, 2.75) is 40.2 Å². The topological polar surface area (TPSA) is 12.0 Å². The Bertz CT molecular complexity index is 583. The van der Waals surface area contributed by atoms with Crippen molar-refractivity contribution in [2.75, 3.05) is 6.54 Å². The Kier molecular flexibility index (Phi) is 4.87. The molecule has 2 aromatic rings. The SMILES string of the molecule is CCNC(CC(C)(C)C)c1ccc(Br)c2ccccc12. The van der Waals surface area contributed by atoms with Crippen molar-refractivity contribution in [3.05, 3.63) is 46.4 Å². The lowest BCUT2D eigenvalue weighted by atomic mass is 9.84. The second-order valence-corrected chi connectivity index (χ2v) is 7.41. The number of benzene rings is 2. The molecule has 2 rings (SSSR count). The smallest absolute Gasteiger partial charge is 0.0331 e. The zero-order valence-electron chi connectivity index (χ0n) is 12.8. The molecule has 20 heavy (non-hydrogen) atoms. The minimum atomic E-state index is 0.307. The Labute approximate surface area is 130 Å². The average Bonchev–Trinajstić information content (AvgIpc) is 2.37. The van der Waals surface area contributed by atoms with Crippen LogP contribution in [0.2, 0.25) is 0 Å². The molecule has 0 radical (unpaired) electrons. The molecule has 1 nitrogen and oxygen atoms in total. The fourth-order valence-corrected chi connectivity index (χ4v) is 3.22. The van der Waals surface area contributed by atoms with Crippen molar-refractivity contribution in [1.29, 1.82) is 0 Å². The largest absolute Gasteiger partial charge is 0.310 e. The first-order chi connectivity index (χ1) is 9.42. The molecule has 2 aromatic carbocycles. The third kappa shape index (κ3) is 3.62. The second-order valence-electron chi connectivity index (χ2n) is 6.56. The first-order valence-corrected chi connectivity index (χ1v) is 8.12. The van der Waals surface area contributed by atoms with E-state index in [2.05, 4.69) is 85.3 Å². The van der Waals surface area contributed by atoms with Crippen LogP contribution in [0.3, 0.4) is 0 Å². The quantitative estimate of drug-likeness (QED) is 0.757. The van der Waals surface area contributed by atoms with Gasteiger partial charge in [-0.15, -0.1) is 0 Å². The number of hydrogen-bond donors (Lipinski definition) is 1. The molecular formula is C18H24BrN. The highest BCUT2D eigenvalue weighted by Crippen LogP contribution is 2.35. The zero-order chi connectivity index (χ0) is 14.8. The van der Waals surface area contributed by atoms with E-state index < -0.39 is 0 Å². The predicted octanol–water partition coefficient (Wildman–Crippen LogP) is 5.69. The molecule has 0 bridgehead atoms. The summed E-state index contributed by atoms with van der Waals surface area (Å²) in [5.41, 5.74) is 1.71. The third-order valence-electron chi connectivity index (χ3n) is 3.55. The molecule has 0 aromatic heterocycles. The lowest BCUT2D eigenvalue weighted by Gasteiger charge is -2.28. The van der Waals surface area contributed by atoms with Crippen LogP contribution in [0.4, 0.5) is 0 Å². The number of fused-ring (bicyclic) bond motifs is 1. The van der Waals surface area contributed by atoms with E-state index in [0.29, 0.717) is 11.5 Å². The lowest BCUT2D eigenvalue weighted by Crippen LogP contribution is -2.25. The van der Waals surface area contributed by atoms with E-state index in [-0.39, 0.29) is 0 Å². The predicted molar refractivity (Wildman–Crippen MR) is 92.1 cm³/mol. The monoisotopic (exact) mass is 333 g/mol. The first-order valence-electron chi connectivity index (χ1n) is 7.33. The van der Waals surface area contributed by atoms with Gasteiger partial charge in [-0.1, -0.05) is 74.0 Å². The Hall–Kier alpha value is -0.860. The maximum atomic E-state index is 3.66. The molecule has 0 saturated carbocycles. The Morgan fingerprint density at radius 1 is 1.05 bits per heavy atom. The van der Waals surface area contributed by atoms with Crippen LogP contribution in [0.5, 0.6) is 0 Å². The van der Waals surface area contributed by atoms with E-state index >= 15 is 0 Å². The summed E-state index contributed by atoms with van der Waals surface area (Å²) in [4.78, 5) is 0. The van der Waals surface area contributed by atoms with Gasteiger partial charge in [-0.3, -0.25) is 0 Å². The zero-order valence-corrected chi connectivity index (χ0v) is 14.4. The van der Waals surface area contributed by atoms with Gasteiger partial charge in [0, 0.05) is 10.5 Å². The van der Waals surface area contributed by atoms with Gasteiger partial charge < -0.3 is 5.32 Å². The van der Waals surface area contributed by atoms with Crippen molar-refractivity contribution in [3.8, 4) is 0 Å².